The van der Waals surface area contributed by atoms with Gasteiger partial charge in [0, 0.05) is 0 Å². The third-order valence-corrected chi connectivity index (χ3v) is 4.37. The summed E-state index contributed by atoms with van der Waals surface area (Å²) >= 11 is 0. The SMILES string of the molecule is CCCC(O)(C(=O)OCC)C(C)C1CCCCC1. The monoisotopic (exact) mass is 256 g/mol. The van der Waals surface area contributed by atoms with Gasteiger partial charge in [0.1, 0.15) is 0 Å². The van der Waals surface area contributed by atoms with Crippen molar-refractivity contribution in [1.29, 1.82) is 0 Å². The molecule has 0 saturated heterocycles. The maximum atomic E-state index is 12.1. The highest BCUT2D eigenvalue weighted by Crippen LogP contribution is 2.38. The Morgan fingerprint density at radius 3 is 2.44 bits per heavy atom. The average Bonchev–Trinajstić information content (AvgIpc) is 2.39. The highest BCUT2D eigenvalue weighted by atomic mass is 16.5. The number of carbonyl (C=O) groups excluding carboxylic acids is 1. The molecule has 2 unspecified atom stereocenters. The second kappa shape index (κ2) is 7.13. The largest absolute Gasteiger partial charge is 0.464 e. The topological polar surface area (TPSA) is 46.5 Å². The van der Waals surface area contributed by atoms with Crippen LogP contribution in [0.25, 0.3) is 0 Å². The van der Waals surface area contributed by atoms with Gasteiger partial charge in [0.2, 0.25) is 0 Å². The minimum atomic E-state index is -1.28. The van der Waals surface area contributed by atoms with Crippen LogP contribution in [0.1, 0.15) is 65.7 Å². The minimum Gasteiger partial charge on any atom is -0.464 e. The van der Waals surface area contributed by atoms with Crippen LogP contribution >= 0.6 is 0 Å². The fraction of sp³-hybridized carbons (Fsp3) is 0.933. The van der Waals surface area contributed by atoms with Gasteiger partial charge in [-0.25, -0.2) is 4.79 Å². The molecule has 106 valence electrons. The summed E-state index contributed by atoms with van der Waals surface area (Å²) in [5.41, 5.74) is -1.28. The van der Waals surface area contributed by atoms with E-state index in [-0.39, 0.29) is 5.92 Å². The zero-order chi connectivity index (χ0) is 13.6. The Morgan fingerprint density at radius 1 is 1.33 bits per heavy atom. The van der Waals surface area contributed by atoms with Gasteiger partial charge < -0.3 is 9.84 Å². The number of hydrogen-bond acceptors (Lipinski definition) is 3. The lowest BCUT2D eigenvalue weighted by Crippen LogP contribution is -2.49. The van der Waals surface area contributed by atoms with Crippen molar-refractivity contribution in [1.82, 2.24) is 0 Å². The first kappa shape index (κ1) is 15.5. The number of rotatable bonds is 6. The normalized spacial score (nSPS) is 22.2. The third kappa shape index (κ3) is 3.47. The molecule has 0 aromatic carbocycles. The van der Waals surface area contributed by atoms with Crippen LogP contribution in [0.4, 0.5) is 0 Å². The first-order valence-corrected chi connectivity index (χ1v) is 7.45. The Hall–Kier alpha value is -0.570. The highest BCUT2D eigenvalue weighted by molar-refractivity contribution is 5.79. The fourth-order valence-electron chi connectivity index (χ4n) is 3.18. The molecular formula is C15H28O3. The van der Waals surface area contributed by atoms with Crippen molar-refractivity contribution in [3.8, 4) is 0 Å². The Kier molecular flexibility index (Phi) is 6.13. The number of esters is 1. The van der Waals surface area contributed by atoms with Crippen molar-refractivity contribution >= 4 is 5.97 Å². The highest BCUT2D eigenvalue weighted by Gasteiger charge is 2.45. The summed E-state index contributed by atoms with van der Waals surface area (Å²) in [5.74, 6) is 0.0291. The van der Waals surface area contributed by atoms with Crippen LogP contribution in [-0.4, -0.2) is 23.3 Å². The summed E-state index contributed by atoms with van der Waals surface area (Å²) in [6, 6.07) is 0. The van der Waals surface area contributed by atoms with E-state index in [0.29, 0.717) is 18.9 Å². The van der Waals surface area contributed by atoms with E-state index >= 15 is 0 Å². The average molecular weight is 256 g/mol. The maximum Gasteiger partial charge on any atom is 0.338 e. The Morgan fingerprint density at radius 2 is 1.94 bits per heavy atom. The molecule has 0 spiro atoms. The van der Waals surface area contributed by atoms with Gasteiger partial charge in [-0.2, -0.15) is 0 Å². The molecule has 1 aliphatic rings. The Bertz CT molecular complexity index is 258. The van der Waals surface area contributed by atoms with E-state index in [1.807, 2.05) is 13.8 Å². The summed E-state index contributed by atoms with van der Waals surface area (Å²) in [7, 11) is 0. The molecule has 0 bridgehead atoms. The number of hydrogen-bond donors (Lipinski definition) is 1. The molecule has 3 nitrogen and oxygen atoms in total. The van der Waals surface area contributed by atoms with E-state index in [2.05, 4.69) is 0 Å². The zero-order valence-corrected chi connectivity index (χ0v) is 12.1. The molecule has 2 atom stereocenters. The molecule has 1 rings (SSSR count). The summed E-state index contributed by atoms with van der Waals surface area (Å²) in [6.07, 6.45) is 7.30. The van der Waals surface area contributed by atoms with Gasteiger partial charge in [0.25, 0.3) is 0 Å². The number of carbonyl (C=O) groups is 1. The van der Waals surface area contributed by atoms with Crippen molar-refractivity contribution in [2.75, 3.05) is 6.61 Å². The van der Waals surface area contributed by atoms with Crippen LogP contribution < -0.4 is 0 Å². The van der Waals surface area contributed by atoms with Crippen LogP contribution in [-0.2, 0) is 9.53 Å². The molecule has 0 amide bonds. The van der Waals surface area contributed by atoms with Gasteiger partial charge >= 0.3 is 5.97 Å². The van der Waals surface area contributed by atoms with Gasteiger partial charge in [0.15, 0.2) is 5.60 Å². The maximum absolute atomic E-state index is 12.1. The van der Waals surface area contributed by atoms with Crippen LogP contribution in [0.3, 0.4) is 0 Å². The smallest absolute Gasteiger partial charge is 0.338 e. The van der Waals surface area contributed by atoms with Crippen molar-refractivity contribution < 1.29 is 14.6 Å². The van der Waals surface area contributed by atoms with E-state index in [4.69, 9.17) is 4.74 Å². The summed E-state index contributed by atoms with van der Waals surface area (Å²) in [6.45, 7) is 6.14. The third-order valence-electron chi connectivity index (χ3n) is 4.37. The quantitative estimate of drug-likeness (QED) is 0.742. The van der Waals surface area contributed by atoms with Crippen molar-refractivity contribution in [3.63, 3.8) is 0 Å². The molecule has 0 aliphatic heterocycles. The van der Waals surface area contributed by atoms with Gasteiger partial charge in [-0.1, -0.05) is 52.4 Å². The van der Waals surface area contributed by atoms with Gasteiger partial charge in [-0.15, -0.1) is 0 Å². The van der Waals surface area contributed by atoms with E-state index in [1.54, 1.807) is 6.92 Å². The van der Waals surface area contributed by atoms with Crippen LogP contribution in [0, 0.1) is 11.8 Å². The second-order valence-electron chi connectivity index (χ2n) is 5.58. The Balaban J connectivity index is 2.77. The van der Waals surface area contributed by atoms with Crippen molar-refractivity contribution in [2.24, 2.45) is 11.8 Å². The lowest BCUT2D eigenvalue weighted by Gasteiger charge is -2.38. The lowest BCUT2D eigenvalue weighted by molar-refractivity contribution is -0.175. The summed E-state index contributed by atoms with van der Waals surface area (Å²) in [5, 5.41) is 10.8. The fourth-order valence-corrected chi connectivity index (χ4v) is 3.18. The number of ether oxygens (including phenoxy) is 1. The zero-order valence-electron chi connectivity index (χ0n) is 12.1. The minimum absolute atomic E-state index is 0.00296. The molecular weight excluding hydrogens is 228 g/mol. The first-order valence-electron chi connectivity index (χ1n) is 7.45. The first-order chi connectivity index (χ1) is 8.56. The molecule has 1 N–H and O–H groups in total. The van der Waals surface area contributed by atoms with Crippen LogP contribution in [0.5, 0.6) is 0 Å². The van der Waals surface area contributed by atoms with Crippen molar-refractivity contribution in [2.45, 2.75) is 71.3 Å². The van der Waals surface area contributed by atoms with E-state index in [9.17, 15) is 9.90 Å². The van der Waals surface area contributed by atoms with Crippen LogP contribution in [0.2, 0.25) is 0 Å². The lowest BCUT2D eigenvalue weighted by atomic mass is 9.71. The van der Waals surface area contributed by atoms with Crippen molar-refractivity contribution in [3.05, 3.63) is 0 Å². The Labute approximate surface area is 111 Å². The molecule has 0 aromatic heterocycles. The molecule has 1 fully saturated rings. The second-order valence-corrected chi connectivity index (χ2v) is 5.58. The van der Waals surface area contributed by atoms with E-state index in [0.717, 1.165) is 19.3 Å². The standard InChI is InChI=1S/C15H28O3/c1-4-11-15(17,14(16)18-5-2)12(3)13-9-7-6-8-10-13/h12-13,17H,4-11H2,1-3H3. The predicted octanol–water partition coefficient (Wildman–Crippen LogP) is 3.30. The predicted molar refractivity (Wildman–Crippen MR) is 72.2 cm³/mol. The summed E-state index contributed by atoms with van der Waals surface area (Å²) < 4.78 is 5.08. The molecule has 0 radical (unpaired) electrons. The molecule has 18 heavy (non-hydrogen) atoms. The molecule has 0 heterocycles. The molecule has 3 heteroatoms. The molecule has 0 aromatic rings. The number of aliphatic hydroxyl groups is 1. The van der Waals surface area contributed by atoms with Gasteiger partial charge in [-0.3, -0.25) is 0 Å². The van der Waals surface area contributed by atoms with Gasteiger partial charge in [0.05, 0.1) is 6.61 Å². The van der Waals surface area contributed by atoms with E-state index in [1.165, 1.54) is 19.3 Å². The molecule has 1 saturated carbocycles. The van der Waals surface area contributed by atoms with E-state index < -0.39 is 11.6 Å². The summed E-state index contributed by atoms with van der Waals surface area (Å²) in [4.78, 5) is 12.1. The van der Waals surface area contributed by atoms with Crippen LogP contribution in [0.15, 0.2) is 0 Å². The molecule has 1 aliphatic carbocycles. The van der Waals surface area contributed by atoms with Gasteiger partial charge in [-0.05, 0) is 25.2 Å².